The van der Waals surface area contributed by atoms with Gasteiger partial charge in [-0.3, -0.25) is 4.79 Å². The third kappa shape index (κ3) is 3.00. The van der Waals surface area contributed by atoms with Gasteiger partial charge in [-0.2, -0.15) is 4.39 Å². The van der Waals surface area contributed by atoms with Crippen LogP contribution in [0, 0.1) is 5.95 Å². The lowest BCUT2D eigenvalue weighted by Gasteiger charge is -2.19. The number of nitrogens with zero attached hydrogens (tertiary/aromatic N) is 2. The number of hydrogen-bond acceptors (Lipinski definition) is 3. The number of pyridine rings is 1. The summed E-state index contributed by atoms with van der Waals surface area (Å²) in [6, 6.07) is 3.04. The Hall–Kier alpha value is -1.49. The van der Waals surface area contributed by atoms with Crippen LogP contribution in [0.5, 0.6) is 0 Å². The number of likely N-dealkylation sites (N-methyl/N-ethyl adjacent to an activating group) is 1. The van der Waals surface area contributed by atoms with Gasteiger partial charge in [-0.1, -0.05) is 0 Å². The van der Waals surface area contributed by atoms with E-state index in [-0.39, 0.29) is 5.91 Å². The summed E-state index contributed by atoms with van der Waals surface area (Å²) >= 11 is 0. The molecule has 1 aromatic heterocycles. The molecule has 1 atom stereocenters. The predicted molar refractivity (Wildman–Crippen MR) is 62.2 cm³/mol. The van der Waals surface area contributed by atoms with Gasteiger partial charge in [0.05, 0.1) is 5.56 Å². The molecule has 0 radical (unpaired) electrons. The maximum atomic E-state index is 12.6. The minimum Gasteiger partial charge on any atom is -0.350 e. The molecule has 0 bridgehead atoms. The van der Waals surface area contributed by atoms with Gasteiger partial charge in [-0.25, -0.2) is 4.98 Å². The number of aromatic nitrogens is 1. The number of carbonyl (C=O) groups excluding carboxylic acids is 1. The highest BCUT2D eigenvalue weighted by atomic mass is 19.1. The molecule has 2 heterocycles. The van der Waals surface area contributed by atoms with Crippen molar-refractivity contribution in [1.29, 1.82) is 0 Å². The Balaban J connectivity index is 1.87. The number of amides is 1. The van der Waals surface area contributed by atoms with Crippen LogP contribution in [0.3, 0.4) is 0 Å². The molecule has 1 amide bonds. The van der Waals surface area contributed by atoms with Crippen LogP contribution in [0.4, 0.5) is 4.39 Å². The van der Waals surface area contributed by atoms with Crippen molar-refractivity contribution >= 4 is 5.91 Å². The number of rotatable bonds is 3. The Labute approximate surface area is 99.8 Å². The van der Waals surface area contributed by atoms with Crippen LogP contribution < -0.4 is 5.32 Å². The summed E-state index contributed by atoms with van der Waals surface area (Å²) in [6.45, 7) is 1.71. The smallest absolute Gasteiger partial charge is 0.252 e. The molecule has 1 aliphatic heterocycles. The van der Waals surface area contributed by atoms with E-state index >= 15 is 0 Å². The van der Waals surface area contributed by atoms with Crippen molar-refractivity contribution in [2.24, 2.45) is 0 Å². The molecule has 1 saturated heterocycles. The zero-order valence-electron chi connectivity index (χ0n) is 9.82. The molecule has 92 valence electrons. The van der Waals surface area contributed by atoms with E-state index in [1.807, 2.05) is 0 Å². The molecule has 0 aliphatic carbocycles. The Bertz CT molecular complexity index is 393. The molecular weight excluding hydrogens is 221 g/mol. The molecule has 1 unspecified atom stereocenters. The first kappa shape index (κ1) is 12.0. The Morgan fingerprint density at radius 3 is 3.06 bits per heavy atom. The molecule has 1 fully saturated rings. The lowest BCUT2D eigenvalue weighted by molar-refractivity contribution is 0.0943. The molecule has 17 heavy (non-hydrogen) atoms. The summed E-state index contributed by atoms with van der Waals surface area (Å²) in [7, 11) is 2.06. The lowest BCUT2D eigenvalue weighted by atomic mass is 10.2. The van der Waals surface area contributed by atoms with Crippen LogP contribution in [0.15, 0.2) is 18.3 Å². The van der Waals surface area contributed by atoms with E-state index in [4.69, 9.17) is 0 Å². The Morgan fingerprint density at radius 1 is 1.65 bits per heavy atom. The van der Waals surface area contributed by atoms with Gasteiger partial charge < -0.3 is 10.2 Å². The van der Waals surface area contributed by atoms with Crippen molar-refractivity contribution in [2.75, 3.05) is 20.1 Å². The summed E-state index contributed by atoms with van der Waals surface area (Å²) < 4.78 is 12.6. The lowest BCUT2D eigenvalue weighted by Crippen LogP contribution is -2.38. The molecule has 0 aromatic carbocycles. The number of halogens is 1. The second kappa shape index (κ2) is 5.23. The van der Waals surface area contributed by atoms with Gasteiger partial charge >= 0.3 is 0 Å². The molecular formula is C12H16FN3O. The second-order valence-electron chi connectivity index (χ2n) is 4.36. The van der Waals surface area contributed by atoms with Gasteiger partial charge in [0.15, 0.2) is 0 Å². The molecule has 0 saturated carbocycles. The highest BCUT2D eigenvalue weighted by molar-refractivity contribution is 5.93. The standard InChI is InChI=1S/C12H16FN3O/c1-16-6-2-3-10(16)8-15-12(17)9-4-5-11(13)14-7-9/h4-5,7,10H,2-3,6,8H2,1H3,(H,15,17). The third-order valence-corrected chi connectivity index (χ3v) is 3.16. The van der Waals surface area contributed by atoms with Crippen LogP contribution in [-0.2, 0) is 0 Å². The molecule has 0 spiro atoms. The van der Waals surface area contributed by atoms with Crippen LogP contribution in [0.1, 0.15) is 23.2 Å². The topological polar surface area (TPSA) is 45.2 Å². The van der Waals surface area contributed by atoms with Crippen molar-refractivity contribution < 1.29 is 9.18 Å². The second-order valence-corrected chi connectivity index (χ2v) is 4.36. The van der Waals surface area contributed by atoms with Crippen molar-refractivity contribution in [3.63, 3.8) is 0 Å². The van der Waals surface area contributed by atoms with E-state index in [9.17, 15) is 9.18 Å². The van der Waals surface area contributed by atoms with E-state index in [2.05, 4.69) is 22.2 Å². The molecule has 1 aliphatic rings. The number of carbonyl (C=O) groups is 1. The first-order valence-electron chi connectivity index (χ1n) is 5.77. The van der Waals surface area contributed by atoms with Gasteiger partial charge in [0.2, 0.25) is 5.95 Å². The predicted octanol–water partition coefficient (Wildman–Crippen LogP) is 1.04. The first-order chi connectivity index (χ1) is 8.16. The normalized spacial score (nSPS) is 20.5. The fourth-order valence-electron chi connectivity index (χ4n) is 2.06. The summed E-state index contributed by atoms with van der Waals surface area (Å²) in [6.07, 6.45) is 3.54. The van der Waals surface area contributed by atoms with E-state index in [1.165, 1.54) is 24.8 Å². The van der Waals surface area contributed by atoms with Gasteiger partial charge in [-0.05, 0) is 38.6 Å². The summed E-state index contributed by atoms with van der Waals surface area (Å²) in [4.78, 5) is 17.4. The first-order valence-corrected chi connectivity index (χ1v) is 5.77. The summed E-state index contributed by atoms with van der Waals surface area (Å²) in [5, 5.41) is 2.85. The Morgan fingerprint density at radius 2 is 2.47 bits per heavy atom. The summed E-state index contributed by atoms with van der Waals surface area (Å²) in [5.41, 5.74) is 0.395. The van der Waals surface area contributed by atoms with Gasteiger partial charge in [0.25, 0.3) is 5.91 Å². The molecule has 4 nitrogen and oxygen atoms in total. The average Bonchev–Trinajstić information content (AvgIpc) is 2.73. The van der Waals surface area contributed by atoms with E-state index < -0.39 is 5.95 Å². The monoisotopic (exact) mass is 237 g/mol. The quantitative estimate of drug-likeness (QED) is 0.799. The largest absolute Gasteiger partial charge is 0.350 e. The SMILES string of the molecule is CN1CCCC1CNC(=O)c1ccc(F)nc1. The van der Waals surface area contributed by atoms with Crippen LogP contribution in [0.2, 0.25) is 0 Å². The van der Waals surface area contributed by atoms with E-state index in [1.54, 1.807) is 0 Å². The van der Waals surface area contributed by atoms with Crippen LogP contribution in [0.25, 0.3) is 0 Å². The maximum absolute atomic E-state index is 12.6. The number of hydrogen-bond donors (Lipinski definition) is 1. The van der Waals surface area contributed by atoms with E-state index in [0.29, 0.717) is 18.2 Å². The molecule has 2 rings (SSSR count). The highest BCUT2D eigenvalue weighted by Gasteiger charge is 2.21. The van der Waals surface area contributed by atoms with Crippen LogP contribution in [-0.4, -0.2) is 42.0 Å². The minimum absolute atomic E-state index is 0.196. The van der Waals surface area contributed by atoms with Gasteiger partial charge in [0.1, 0.15) is 0 Å². The molecule has 1 N–H and O–H groups in total. The van der Waals surface area contributed by atoms with Crippen LogP contribution >= 0.6 is 0 Å². The van der Waals surface area contributed by atoms with Crippen molar-refractivity contribution in [1.82, 2.24) is 15.2 Å². The zero-order chi connectivity index (χ0) is 12.3. The van der Waals surface area contributed by atoms with E-state index in [0.717, 1.165) is 13.0 Å². The number of likely N-dealkylation sites (tertiary alicyclic amines) is 1. The number of nitrogens with one attached hydrogen (secondary N) is 1. The van der Waals surface area contributed by atoms with Crippen molar-refractivity contribution in [3.8, 4) is 0 Å². The summed E-state index contributed by atoms with van der Waals surface area (Å²) in [5.74, 6) is -0.769. The zero-order valence-corrected chi connectivity index (χ0v) is 9.82. The fraction of sp³-hybridized carbons (Fsp3) is 0.500. The minimum atomic E-state index is -0.572. The van der Waals surface area contributed by atoms with Crippen molar-refractivity contribution in [2.45, 2.75) is 18.9 Å². The molecule has 5 heteroatoms. The Kier molecular flexibility index (Phi) is 3.68. The fourth-order valence-corrected chi connectivity index (χ4v) is 2.06. The molecule has 1 aromatic rings. The average molecular weight is 237 g/mol. The van der Waals surface area contributed by atoms with Gasteiger partial charge in [-0.15, -0.1) is 0 Å². The third-order valence-electron chi connectivity index (χ3n) is 3.16. The van der Waals surface area contributed by atoms with Gasteiger partial charge in [0, 0.05) is 18.8 Å². The highest BCUT2D eigenvalue weighted by Crippen LogP contribution is 2.13. The maximum Gasteiger partial charge on any atom is 0.252 e. The van der Waals surface area contributed by atoms with Crippen molar-refractivity contribution in [3.05, 3.63) is 29.8 Å².